The van der Waals surface area contributed by atoms with Crippen LogP contribution in [0.5, 0.6) is 0 Å². The van der Waals surface area contributed by atoms with E-state index < -0.39 is 17.6 Å². The lowest BCUT2D eigenvalue weighted by Crippen LogP contribution is -2.24. The largest absolute Gasteiger partial charge is 0.434 e. The summed E-state index contributed by atoms with van der Waals surface area (Å²) in [5, 5.41) is 9.51. The Labute approximate surface area is 92.3 Å². The molecular weight excluding hydrogens is 275 g/mol. The lowest BCUT2D eigenvalue weighted by atomic mass is 10.2. The van der Waals surface area contributed by atoms with Crippen molar-refractivity contribution in [3.05, 3.63) is 22.4 Å². The van der Waals surface area contributed by atoms with Crippen molar-refractivity contribution < 1.29 is 13.2 Å². The molecule has 0 aliphatic rings. The molecule has 0 aliphatic carbocycles. The average molecular weight is 282 g/mol. The Balaban J connectivity index is 3.20. The standard InChI is InChI=1S/C8H7BrF3N3/c1-14-5-2-4(9)3-15-6(5)7(13)8(10,11)12/h2-3,13-14H,1H3. The first-order valence-electron chi connectivity index (χ1n) is 3.85. The lowest BCUT2D eigenvalue weighted by Gasteiger charge is -2.11. The van der Waals surface area contributed by atoms with Gasteiger partial charge in [-0.25, -0.2) is 0 Å². The molecule has 0 atom stereocenters. The zero-order valence-electron chi connectivity index (χ0n) is 7.61. The molecule has 82 valence electrons. The molecule has 1 heterocycles. The molecule has 0 aliphatic heterocycles. The van der Waals surface area contributed by atoms with Crippen LogP contribution in [-0.4, -0.2) is 23.9 Å². The third kappa shape index (κ3) is 2.68. The first kappa shape index (κ1) is 12.0. The van der Waals surface area contributed by atoms with Gasteiger partial charge in [0.25, 0.3) is 0 Å². The molecule has 3 nitrogen and oxygen atoms in total. The second kappa shape index (κ2) is 4.18. The molecule has 1 rings (SSSR count). The van der Waals surface area contributed by atoms with Gasteiger partial charge in [-0.05, 0) is 22.0 Å². The van der Waals surface area contributed by atoms with Gasteiger partial charge in [0.15, 0.2) is 5.71 Å². The molecule has 0 aromatic carbocycles. The number of nitrogens with one attached hydrogen (secondary N) is 2. The van der Waals surface area contributed by atoms with Crippen LogP contribution < -0.4 is 5.32 Å². The summed E-state index contributed by atoms with van der Waals surface area (Å²) >= 11 is 3.08. The molecule has 7 heteroatoms. The van der Waals surface area contributed by atoms with Crippen molar-refractivity contribution >= 4 is 27.3 Å². The van der Waals surface area contributed by atoms with Crippen LogP contribution in [0.1, 0.15) is 5.69 Å². The fourth-order valence-corrected chi connectivity index (χ4v) is 1.29. The zero-order valence-corrected chi connectivity index (χ0v) is 9.20. The normalized spacial score (nSPS) is 11.3. The minimum absolute atomic E-state index is 0.159. The van der Waals surface area contributed by atoms with Crippen molar-refractivity contribution in [3.8, 4) is 0 Å². The van der Waals surface area contributed by atoms with E-state index in [4.69, 9.17) is 5.41 Å². The van der Waals surface area contributed by atoms with E-state index in [0.29, 0.717) is 4.47 Å². The fourth-order valence-electron chi connectivity index (χ4n) is 0.963. The highest BCUT2D eigenvalue weighted by molar-refractivity contribution is 9.10. The van der Waals surface area contributed by atoms with Crippen LogP contribution in [0.15, 0.2) is 16.7 Å². The molecule has 15 heavy (non-hydrogen) atoms. The van der Waals surface area contributed by atoms with Crippen LogP contribution in [0.2, 0.25) is 0 Å². The van der Waals surface area contributed by atoms with Crippen LogP contribution in [0.4, 0.5) is 18.9 Å². The second-order valence-electron chi connectivity index (χ2n) is 2.67. The van der Waals surface area contributed by atoms with Crippen LogP contribution in [-0.2, 0) is 0 Å². The number of pyridine rings is 1. The zero-order chi connectivity index (χ0) is 11.6. The number of anilines is 1. The Kier molecular flexibility index (Phi) is 3.33. The van der Waals surface area contributed by atoms with E-state index >= 15 is 0 Å². The van der Waals surface area contributed by atoms with Crippen molar-refractivity contribution in [3.63, 3.8) is 0 Å². The van der Waals surface area contributed by atoms with Crippen LogP contribution in [0.3, 0.4) is 0 Å². The highest BCUT2D eigenvalue weighted by atomic mass is 79.9. The number of hydrogen-bond donors (Lipinski definition) is 2. The van der Waals surface area contributed by atoms with Gasteiger partial charge in [-0.1, -0.05) is 0 Å². The van der Waals surface area contributed by atoms with Gasteiger partial charge in [0.05, 0.1) is 5.69 Å². The Bertz CT molecular complexity index is 389. The number of nitrogens with zero attached hydrogens (tertiary/aromatic N) is 1. The summed E-state index contributed by atoms with van der Waals surface area (Å²) in [5.74, 6) is 0. The molecule has 1 aromatic heterocycles. The summed E-state index contributed by atoms with van der Waals surface area (Å²) in [6, 6.07) is 1.43. The van der Waals surface area contributed by atoms with E-state index in [1.807, 2.05) is 0 Å². The molecule has 0 radical (unpaired) electrons. The van der Waals surface area contributed by atoms with Crippen molar-refractivity contribution in [2.24, 2.45) is 0 Å². The van der Waals surface area contributed by atoms with Gasteiger partial charge in [-0.15, -0.1) is 0 Å². The van der Waals surface area contributed by atoms with Gasteiger partial charge in [0.2, 0.25) is 0 Å². The third-order valence-corrected chi connectivity index (χ3v) is 2.08. The summed E-state index contributed by atoms with van der Waals surface area (Å²) < 4.78 is 37.3. The molecule has 0 saturated carbocycles. The maximum Gasteiger partial charge on any atom is 0.434 e. The predicted octanol–water partition coefficient (Wildman–Crippen LogP) is 2.82. The Hall–Kier alpha value is -1.11. The van der Waals surface area contributed by atoms with Gasteiger partial charge < -0.3 is 5.32 Å². The Morgan fingerprint density at radius 2 is 2.13 bits per heavy atom. The minimum Gasteiger partial charge on any atom is -0.386 e. The third-order valence-electron chi connectivity index (χ3n) is 1.64. The SMILES string of the molecule is CNc1cc(Br)cnc1C(=N)C(F)(F)F. The first-order valence-corrected chi connectivity index (χ1v) is 4.65. The van der Waals surface area contributed by atoms with Gasteiger partial charge in [0.1, 0.15) is 5.69 Å². The van der Waals surface area contributed by atoms with Gasteiger partial charge >= 0.3 is 6.18 Å². The maximum absolute atomic E-state index is 12.2. The van der Waals surface area contributed by atoms with Gasteiger partial charge in [-0.2, -0.15) is 13.2 Å². The number of alkyl halides is 3. The molecule has 0 spiro atoms. The Morgan fingerprint density at radius 1 is 1.53 bits per heavy atom. The molecule has 0 amide bonds. The second-order valence-corrected chi connectivity index (χ2v) is 3.59. The summed E-state index contributed by atoms with van der Waals surface area (Å²) in [6.07, 6.45) is -3.47. The Morgan fingerprint density at radius 3 is 2.60 bits per heavy atom. The first-order chi connectivity index (χ1) is 6.86. The molecule has 2 N–H and O–H groups in total. The van der Waals surface area contributed by atoms with Crippen LogP contribution in [0.25, 0.3) is 0 Å². The van der Waals surface area contributed by atoms with Gasteiger partial charge in [0, 0.05) is 17.7 Å². The van der Waals surface area contributed by atoms with Crippen molar-refractivity contribution in [1.82, 2.24) is 4.98 Å². The van der Waals surface area contributed by atoms with E-state index in [9.17, 15) is 13.2 Å². The van der Waals surface area contributed by atoms with E-state index in [-0.39, 0.29) is 5.69 Å². The number of rotatable bonds is 2. The number of halogens is 4. The van der Waals surface area contributed by atoms with Crippen LogP contribution >= 0.6 is 15.9 Å². The van der Waals surface area contributed by atoms with Gasteiger partial charge in [-0.3, -0.25) is 10.4 Å². The summed E-state index contributed by atoms with van der Waals surface area (Å²) in [7, 11) is 1.47. The molecular formula is C8H7BrF3N3. The number of aromatic nitrogens is 1. The highest BCUT2D eigenvalue weighted by Crippen LogP contribution is 2.26. The van der Waals surface area contributed by atoms with Crippen LogP contribution in [0, 0.1) is 5.41 Å². The molecule has 0 bridgehead atoms. The highest BCUT2D eigenvalue weighted by Gasteiger charge is 2.37. The quantitative estimate of drug-likeness (QED) is 0.819. The molecule has 0 saturated heterocycles. The molecule has 0 fully saturated rings. The molecule has 0 unspecified atom stereocenters. The maximum atomic E-state index is 12.2. The topological polar surface area (TPSA) is 48.8 Å². The monoisotopic (exact) mass is 281 g/mol. The van der Waals surface area contributed by atoms with Crippen molar-refractivity contribution in [2.45, 2.75) is 6.18 Å². The molecule has 1 aromatic rings. The summed E-state index contributed by atoms with van der Waals surface area (Å²) in [5.41, 5.74) is -1.71. The van der Waals surface area contributed by atoms with E-state index in [0.717, 1.165) is 0 Å². The van der Waals surface area contributed by atoms with E-state index in [1.54, 1.807) is 0 Å². The lowest BCUT2D eigenvalue weighted by molar-refractivity contribution is -0.0589. The van der Waals surface area contributed by atoms with E-state index in [2.05, 4.69) is 26.2 Å². The van der Waals surface area contributed by atoms with E-state index in [1.165, 1.54) is 19.3 Å². The number of hydrogen-bond acceptors (Lipinski definition) is 3. The van der Waals surface area contributed by atoms with Crippen molar-refractivity contribution in [1.29, 1.82) is 5.41 Å². The minimum atomic E-state index is -4.69. The van der Waals surface area contributed by atoms with Crippen molar-refractivity contribution in [2.75, 3.05) is 12.4 Å². The summed E-state index contributed by atoms with van der Waals surface area (Å²) in [4.78, 5) is 3.56. The smallest absolute Gasteiger partial charge is 0.386 e. The average Bonchev–Trinajstić information content (AvgIpc) is 2.15. The summed E-state index contributed by atoms with van der Waals surface area (Å²) in [6.45, 7) is 0. The predicted molar refractivity (Wildman–Crippen MR) is 54.4 cm³/mol. The fraction of sp³-hybridized carbons (Fsp3) is 0.250.